The van der Waals surface area contributed by atoms with Crippen LogP contribution in [0.5, 0.6) is 0 Å². The number of nitrogens with zero attached hydrogens (tertiary/aromatic N) is 1. The van der Waals surface area contributed by atoms with E-state index in [9.17, 15) is 0 Å². The van der Waals surface area contributed by atoms with Gasteiger partial charge in [-0.05, 0) is 63.5 Å². The number of allylic oxidation sites excluding steroid dienone is 1. The van der Waals surface area contributed by atoms with Crippen molar-refractivity contribution < 1.29 is 4.74 Å². The molecule has 3 nitrogen and oxygen atoms in total. The number of ether oxygens (including phenoxy) is 1. The maximum atomic E-state index is 5.21. The molecule has 0 bridgehead atoms. The van der Waals surface area contributed by atoms with Gasteiger partial charge < -0.3 is 15.0 Å². The fourth-order valence-corrected chi connectivity index (χ4v) is 4.21. The smallest absolute Gasteiger partial charge is 0.0589 e. The molecule has 128 valence electrons. The number of piperidine rings is 1. The van der Waals surface area contributed by atoms with Crippen molar-refractivity contribution in [1.82, 2.24) is 10.2 Å². The Bertz CT molecular complexity index is 376. The Morgan fingerprint density at radius 2 is 2.14 bits per heavy atom. The molecule has 1 saturated heterocycles. The highest BCUT2D eigenvalue weighted by atomic mass is 16.5. The molecule has 1 unspecified atom stereocenters. The monoisotopic (exact) mass is 308 g/mol. The van der Waals surface area contributed by atoms with Gasteiger partial charge in [0.05, 0.1) is 6.61 Å². The Hall–Kier alpha value is -0.380. The summed E-state index contributed by atoms with van der Waals surface area (Å²) in [5.41, 5.74) is 3.70. The molecule has 1 atom stereocenters. The van der Waals surface area contributed by atoms with Gasteiger partial charge in [0.25, 0.3) is 0 Å². The molecular weight excluding hydrogens is 272 g/mol. The number of likely N-dealkylation sites (tertiary alicyclic amines) is 1. The zero-order chi connectivity index (χ0) is 16.0. The van der Waals surface area contributed by atoms with Crippen LogP contribution in [-0.2, 0) is 4.74 Å². The van der Waals surface area contributed by atoms with Crippen LogP contribution in [0.25, 0.3) is 0 Å². The van der Waals surface area contributed by atoms with Gasteiger partial charge in [0.15, 0.2) is 0 Å². The fraction of sp³-hybridized carbons (Fsp3) is 0.895. The largest absolute Gasteiger partial charge is 0.383 e. The Balaban J connectivity index is 1.76. The van der Waals surface area contributed by atoms with E-state index in [0.717, 1.165) is 32.2 Å². The van der Waals surface area contributed by atoms with E-state index in [1.807, 2.05) is 0 Å². The average molecular weight is 309 g/mol. The first kappa shape index (κ1) is 18.0. The molecule has 1 fully saturated rings. The molecule has 3 heteroatoms. The van der Waals surface area contributed by atoms with Crippen LogP contribution in [0.3, 0.4) is 0 Å². The minimum absolute atomic E-state index is 0.395. The van der Waals surface area contributed by atoms with Crippen LogP contribution in [0.1, 0.15) is 52.9 Å². The van der Waals surface area contributed by atoms with E-state index in [-0.39, 0.29) is 0 Å². The summed E-state index contributed by atoms with van der Waals surface area (Å²) in [6.45, 7) is 13.9. The van der Waals surface area contributed by atoms with Gasteiger partial charge in [0.1, 0.15) is 0 Å². The van der Waals surface area contributed by atoms with Crippen molar-refractivity contribution in [3.8, 4) is 0 Å². The quantitative estimate of drug-likeness (QED) is 0.729. The highest BCUT2D eigenvalue weighted by molar-refractivity contribution is 5.23. The second-order valence-electron chi connectivity index (χ2n) is 7.93. The molecule has 22 heavy (non-hydrogen) atoms. The van der Waals surface area contributed by atoms with Gasteiger partial charge in [-0.3, -0.25) is 0 Å². The summed E-state index contributed by atoms with van der Waals surface area (Å²) in [4.78, 5) is 2.56. The summed E-state index contributed by atoms with van der Waals surface area (Å²) in [5.74, 6) is 0.804. The lowest BCUT2D eigenvalue weighted by Crippen LogP contribution is -2.41. The molecule has 1 heterocycles. The van der Waals surface area contributed by atoms with Gasteiger partial charge in [0, 0.05) is 26.7 Å². The summed E-state index contributed by atoms with van der Waals surface area (Å²) in [6.07, 6.45) is 6.71. The van der Waals surface area contributed by atoms with Crippen molar-refractivity contribution in [3.05, 3.63) is 11.1 Å². The van der Waals surface area contributed by atoms with E-state index in [1.165, 1.54) is 45.2 Å². The minimum atomic E-state index is 0.395. The summed E-state index contributed by atoms with van der Waals surface area (Å²) in [7, 11) is 1.80. The van der Waals surface area contributed by atoms with E-state index in [0.29, 0.717) is 5.41 Å². The third kappa shape index (κ3) is 5.07. The zero-order valence-corrected chi connectivity index (χ0v) is 15.2. The van der Waals surface area contributed by atoms with E-state index < -0.39 is 0 Å². The summed E-state index contributed by atoms with van der Waals surface area (Å²) >= 11 is 0. The summed E-state index contributed by atoms with van der Waals surface area (Å²) in [6, 6.07) is 0. The molecule has 1 aliphatic heterocycles. The summed E-state index contributed by atoms with van der Waals surface area (Å²) < 4.78 is 5.21. The van der Waals surface area contributed by atoms with Crippen molar-refractivity contribution in [2.45, 2.75) is 52.9 Å². The molecule has 0 aromatic heterocycles. The molecule has 0 radical (unpaired) electrons. The van der Waals surface area contributed by atoms with Gasteiger partial charge in [-0.15, -0.1) is 0 Å². The first-order valence-electron chi connectivity index (χ1n) is 9.14. The first-order valence-corrected chi connectivity index (χ1v) is 9.14. The predicted octanol–water partition coefficient (Wildman–Crippen LogP) is 3.46. The van der Waals surface area contributed by atoms with Crippen LogP contribution < -0.4 is 5.32 Å². The van der Waals surface area contributed by atoms with Gasteiger partial charge in [-0.2, -0.15) is 0 Å². The molecule has 2 rings (SSSR count). The molecule has 0 aromatic rings. The third-order valence-electron chi connectivity index (χ3n) is 5.64. The Kier molecular flexibility index (Phi) is 6.91. The van der Waals surface area contributed by atoms with Crippen LogP contribution in [-0.4, -0.2) is 51.3 Å². The maximum Gasteiger partial charge on any atom is 0.0589 e. The molecule has 1 N–H and O–H groups in total. The number of rotatable bonds is 7. The van der Waals surface area contributed by atoms with Crippen LogP contribution in [0.2, 0.25) is 0 Å². The second kappa shape index (κ2) is 8.47. The molecule has 0 aromatic carbocycles. The van der Waals surface area contributed by atoms with Crippen molar-refractivity contribution >= 4 is 0 Å². The van der Waals surface area contributed by atoms with Gasteiger partial charge in [-0.1, -0.05) is 25.0 Å². The topological polar surface area (TPSA) is 24.5 Å². The third-order valence-corrected chi connectivity index (χ3v) is 5.64. The van der Waals surface area contributed by atoms with Crippen molar-refractivity contribution in [3.63, 3.8) is 0 Å². The molecule has 0 amide bonds. The highest BCUT2D eigenvalue weighted by Crippen LogP contribution is 2.39. The molecule has 1 aliphatic carbocycles. The van der Waals surface area contributed by atoms with Crippen molar-refractivity contribution in [2.75, 3.05) is 46.4 Å². The van der Waals surface area contributed by atoms with Crippen LogP contribution in [0.4, 0.5) is 0 Å². The van der Waals surface area contributed by atoms with E-state index >= 15 is 0 Å². The number of methoxy groups -OCH3 is 1. The van der Waals surface area contributed by atoms with Crippen LogP contribution in [0, 0.1) is 11.3 Å². The lowest BCUT2D eigenvalue weighted by molar-refractivity contribution is 0.114. The first-order chi connectivity index (χ1) is 10.5. The standard InChI is InChI=1S/C19H36N2O/c1-16-7-5-9-19(2,3)18(16)14-20-13-17-8-6-10-21(15-17)11-12-22-4/h17,20H,5-15H2,1-4H3. The fourth-order valence-electron chi connectivity index (χ4n) is 4.21. The number of hydrogen-bond donors (Lipinski definition) is 1. The van der Waals surface area contributed by atoms with E-state index in [1.54, 1.807) is 18.3 Å². The molecule has 2 aliphatic rings. The number of hydrogen-bond acceptors (Lipinski definition) is 3. The van der Waals surface area contributed by atoms with E-state index in [4.69, 9.17) is 4.74 Å². The Morgan fingerprint density at radius 3 is 2.86 bits per heavy atom. The second-order valence-corrected chi connectivity index (χ2v) is 7.93. The maximum absolute atomic E-state index is 5.21. The van der Waals surface area contributed by atoms with Crippen LogP contribution in [0.15, 0.2) is 11.1 Å². The minimum Gasteiger partial charge on any atom is -0.383 e. The lowest BCUT2D eigenvalue weighted by atomic mass is 9.73. The summed E-state index contributed by atoms with van der Waals surface area (Å²) in [5, 5.41) is 3.77. The Morgan fingerprint density at radius 1 is 1.32 bits per heavy atom. The normalized spacial score (nSPS) is 26.5. The Labute approximate surface area is 137 Å². The number of nitrogens with one attached hydrogen (secondary N) is 1. The van der Waals surface area contributed by atoms with Crippen molar-refractivity contribution in [1.29, 1.82) is 0 Å². The zero-order valence-electron chi connectivity index (χ0n) is 15.2. The van der Waals surface area contributed by atoms with Gasteiger partial charge in [-0.25, -0.2) is 0 Å². The molecular formula is C19H36N2O. The van der Waals surface area contributed by atoms with Gasteiger partial charge in [0.2, 0.25) is 0 Å². The molecule has 0 saturated carbocycles. The van der Waals surface area contributed by atoms with Crippen LogP contribution >= 0.6 is 0 Å². The van der Waals surface area contributed by atoms with Crippen molar-refractivity contribution in [2.24, 2.45) is 11.3 Å². The van der Waals surface area contributed by atoms with E-state index in [2.05, 4.69) is 31.0 Å². The lowest BCUT2D eigenvalue weighted by Gasteiger charge is -2.36. The van der Waals surface area contributed by atoms with Gasteiger partial charge >= 0.3 is 0 Å². The highest BCUT2D eigenvalue weighted by Gasteiger charge is 2.28. The predicted molar refractivity (Wildman–Crippen MR) is 94.2 cm³/mol. The average Bonchev–Trinajstić information content (AvgIpc) is 2.48. The SMILES string of the molecule is COCCN1CCCC(CNCC2=C(C)CCCC2(C)C)C1. The molecule has 0 spiro atoms.